The molecule has 0 saturated heterocycles. The van der Waals surface area contributed by atoms with E-state index < -0.39 is 31.3 Å². The molecule has 236 valence electrons. The predicted octanol–water partition coefficient (Wildman–Crippen LogP) is 3.26. The minimum atomic E-state index is -3.99. The summed E-state index contributed by atoms with van der Waals surface area (Å²) in [5.74, 6) is -0.294. The maximum Gasteiger partial charge on any atom is 0.356 e. The van der Waals surface area contributed by atoms with Gasteiger partial charge in [-0.15, -0.1) is 0 Å². The molecule has 4 aromatic rings. The number of carbonyl (C=O) groups excluding carboxylic acids is 1. The van der Waals surface area contributed by atoms with E-state index in [-0.39, 0.29) is 61.4 Å². The van der Waals surface area contributed by atoms with Crippen molar-refractivity contribution in [2.24, 2.45) is 0 Å². The van der Waals surface area contributed by atoms with Crippen molar-refractivity contribution in [3.05, 3.63) is 64.5 Å². The van der Waals surface area contributed by atoms with E-state index in [1.54, 1.807) is 6.07 Å². The maximum absolute atomic E-state index is 14.2. The lowest BCUT2D eigenvalue weighted by molar-refractivity contribution is -0.134. The number of nitrogens with one attached hydrogen (secondary N) is 1. The Morgan fingerprint density at radius 1 is 1.02 bits per heavy atom. The van der Waals surface area contributed by atoms with Crippen LogP contribution in [0.25, 0.3) is 11.2 Å². The predicted molar refractivity (Wildman–Crippen MR) is 154 cm³/mol. The number of nitrogens with two attached hydrogens (primary N) is 1. The molecule has 0 spiro atoms. The molecule has 15 nitrogen and oxygen atoms in total. The summed E-state index contributed by atoms with van der Waals surface area (Å²) in [5, 5.41) is 0. The van der Waals surface area contributed by atoms with Crippen LogP contribution in [-0.4, -0.2) is 66.4 Å². The standard InChI is InChI=1S/C27H31FN5O10P/c1-37-20-6-4-17(12-19(20)28)14-42-44(36,16-40-11-9-33-15-30-24-25(33)31-27(29)32-26(24)35)41-10-8-23(34)43-18-5-7-21(38-2)22(13-18)39-3/h4-7,12-13,15H,8-11,14,16H2,1-3H3,(H3,29,31,32,35). The van der Waals surface area contributed by atoms with Crippen LogP contribution in [0.3, 0.4) is 0 Å². The number of esters is 1. The zero-order valence-electron chi connectivity index (χ0n) is 24.1. The number of imidazole rings is 1. The van der Waals surface area contributed by atoms with Crippen LogP contribution in [0.4, 0.5) is 10.3 Å². The van der Waals surface area contributed by atoms with Crippen molar-refractivity contribution >= 4 is 30.7 Å². The number of nitrogens with zero attached hydrogens (tertiary/aromatic N) is 3. The number of ether oxygens (including phenoxy) is 5. The van der Waals surface area contributed by atoms with Crippen molar-refractivity contribution in [2.45, 2.75) is 19.6 Å². The number of aromatic amines is 1. The normalized spacial score (nSPS) is 12.5. The average molecular weight is 636 g/mol. The van der Waals surface area contributed by atoms with Crippen LogP contribution in [0, 0.1) is 5.82 Å². The molecular formula is C27H31FN5O10P. The lowest BCUT2D eigenvalue weighted by Crippen LogP contribution is -2.14. The van der Waals surface area contributed by atoms with Crippen molar-refractivity contribution in [1.82, 2.24) is 19.5 Å². The molecule has 0 aliphatic heterocycles. The Morgan fingerprint density at radius 3 is 2.50 bits per heavy atom. The van der Waals surface area contributed by atoms with Gasteiger partial charge in [-0.1, -0.05) is 6.07 Å². The SMILES string of the molecule is COc1ccc(COP(=O)(COCCn2cnc3c(=O)[nH]c(N)nc32)OCCC(=O)Oc2ccc(OC)c(OC)c2)cc1F. The number of benzene rings is 2. The van der Waals surface area contributed by atoms with Crippen molar-refractivity contribution in [1.29, 1.82) is 0 Å². The third kappa shape index (κ3) is 8.32. The van der Waals surface area contributed by atoms with Gasteiger partial charge in [0.05, 0.1) is 53.9 Å². The highest BCUT2D eigenvalue weighted by Crippen LogP contribution is 2.49. The number of hydrogen-bond acceptors (Lipinski definition) is 13. The van der Waals surface area contributed by atoms with E-state index in [9.17, 15) is 18.5 Å². The van der Waals surface area contributed by atoms with Crippen LogP contribution >= 0.6 is 7.60 Å². The first-order valence-corrected chi connectivity index (χ1v) is 14.8. The number of carbonyl (C=O) groups is 1. The zero-order valence-corrected chi connectivity index (χ0v) is 25.0. The fourth-order valence-electron chi connectivity index (χ4n) is 3.89. The molecule has 0 bridgehead atoms. The van der Waals surface area contributed by atoms with Gasteiger partial charge in [0, 0.05) is 12.6 Å². The van der Waals surface area contributed by atoms with Crippen LogP contribution < -0.4 is 30.2 Å². The summed E-state index contributed by atoms with van der Waals surface area (Å²) in [6.07, 6.45) is 0.616. The van der Waals surface area contributed by atoms with Gasteiger partial charge < -0.3 is 43.0 Å². The lowest BCUT2D eigenvalue weighted by atomic mass is 10.2. The molecule has 0 aliphatic rings. The first-order valence-electron chi connectivity index (χ1n) is 13.1. The summed E-state index contributed by atoms with van der Waals surface area (Å²) in [5.41, 5.74) is 5.85. The summed E-state index contributed by atoms with van der Waals surface area (Å²) in [6.45, 7) is -0.444. The van der Waals surface area contributed by atoms with Crippen molar-refractivity contribution < 1.29 is 46.5 Å². The summed E-state index contributed by atoms with van der Waals surface area (Å²) >= 11 is 0. The van der Waals surface area contributed by atoms with Crippen LogP contribution in [0.2, 0.25) is 0 Å². The minimum absolute atomic E-state index is 0.00490. The van der Waals surface area contributed by atoms with Crippen molar-refractivity contribution in [2.75, 3.05) is 46.6 Å². The number of hydrogen-bond donors (Lipinski definition) is 2. The van der Waals surface area contributed by atoms with Crippen LogP contribution in [-0.2, 0) is 36.3 Å². The lowest BCUT2D eigenvalue weighted by Gasteiger charge is -2.19. The first-order chi connectivity index (χ1) is 21.1. The molecule has 2 aromatic heterocycles. The number of fused-ring (bicyclic) bond motifs is 1. The van der Waals surface area contributed by atoms with Gasteiger partial charge in [-0.3, -0.25) is 19.1 Å². The van der Waals surface area contributed by atoms with E-state index in [2.05, 4.69) is 15.0 Å². The second kappa shape index (κ2) is 14.8. The highest BCUT2D eigenvalue weighted by atomic mass is 31.2. The van der Waals surface area contributed by atoms with Gasteiger partial charge in [-0.2, -0.15) is 4.98 Å². The van der Waals surface area contributed by atoms with Gasteiger partial charge in [0.15, 0.2) is 34.2 Å². The van der Waals surface area contributed by atoms with Gasteiger partial charge in [0.2, 0.25) is 5.95 Å². The van der Waals surface area contributed by atoms with E-state index >= 15 is 0 Å². The number of H-pyrrole nitrogens is 1. The van der Waals surface area contributed by atoms with E-state index in [1.807, 2.05) is 0 Å². The molecule has 0 fully saturated rings. The second-order valence-electron chi connectivity index (χ2n) is 9.03. The van der Waals surface area contributed by atoms with Crippen LogP contribution in [0.15, 0.2) is 47.5 Å². The Morgan fingerprint density at radius 2 is 1.77 bits per heavy atom. The first kappa shape index (κ1) is 32.4. The maximum atomic E-state index is 14.2. The third-order valence-electron chi connectivity index (χ3n) is 6.04. The summed E-state index contributed by atoms with van der Waals surface area (Å²) in [6, 6.07) is 8.71. The Labute approximate surface area is 250 Å². The Bertz CT molecular complexity index is 1710. The molecule has 1 unspecified atom stereocenters. The molecule has 0 saturated carbocycles. The number of rotatable bonds is 16. The van der Waals surface area contributed by atoms with Gasteiger partial charge in [0.1, 0.15) is 12.1 Å². The van der Waals surface area contributed by atoms with E-state index in [1.165, 1.54) is 62.6 Å². The second-order valence-corrected chi connectivity index (χ2v) is 11.0. The average Bonchev–Trinajstić information content (AvgIpc) is 3.41. The van der Waals surface area contributed by atoms with Crippen LogP contribution in [0.1, 0.15) is 12.0 Å². The zero-order chi connectivity index (χ0) is 31.7. The summed E-state index contributed by atoms with van der Waals surface area (Å²) in [7, 11) is 0.271. The molecule has 2 heterocycles. The number of nitrogen functional groups attached to an aromatic ring is 1. The number of methoxy groups -OCH3 is 3. The Balaban J connectivity index is 1.37. The van der Waals surface area contributed by atoms with Gasteiger partial charge in [-0.05, 0) is 29.8 Å². The highest BCUT2D eigenvalue weighted by Gasteiger charge is 2.26. The molecule has 4 rings (SSSR count). The third-order valence-corrected chi connectivity index (χ3v) is 7.64. The van der Waals surface area contributed by atoms with Gasteiger partial charge in [-0.25, -0.2) is 9.37 Å². The molecule has 3 N–H and O–H groups in total. The smallest absolute Gasteiger partial charge is 0.356 e. The summed E-state index contributed by atoms with van der Waals surface area (Å²) < 4.78 is 66.5. The minimum Gasteiger partial charge on any atom is -0.494 e. The fourth-order valence-corrected chi connectivity index (χ4v) is 5.18. The largest absolute Gasteiger partial charge is 0.494 e. The molecule has 0 radical (unpaired) electrons. The quantitative estimate of drug-likeness (QED) is 0.0791. The number of aromatic nitrogens is 4. The number of anilines is 1. The molecule has 2 aromatic carbocycles. The molecule has 44 heavy (non-hydrogen) atoms. The Hall–Kier alpha value is -4.50. The molecule has 17 heteroatoms. The molecule has 0 amide bonds. The number of halogens is 1. The highest BCUT2D eigenvalue weighted by molar-refractivity contribution is 7.53. The topological polar surface area (TPSA) is 188 Å². The summed E-state index contributed by atoms with van der Waals surface area (Å²) in [4.78, 5) is 34.9. The van der Waals surface area contributed by atoms with E-state index in [0.717, 1.165) is 0 Å². The molecule has 0 aliphatic carbocycles. The molecular weight excluding hydrogens is 604 g/mol. The van der Waals surface area contributed by atoms with Gasteiger partial charge >= 0.3 is 13.6 Å². The fraction of sp³-hybridized carbons (Fsp3) is 0.333. The van der Waals surface area contributed by atoms with Crippen molar-refractivity contribution in [3.63, 3.8) is 0 Å². The van der Waals surface area contributed by atoms with Crippen LogP contribution in [0.5, 0.6) is 23.0 Å². The Kier molecular flexibility index (Phi) is 10.9. The van der Waals surface area contributed by atoms with E-state index in [4.69, 9.17) is 38.5 Å². The monoisotopic (exact) mass is 635 g/mol. The van der Waals surface area contributed by atoms with E-state index in [0.29, 0.717) is 17.1 Å². The van der Waals surface area contributed by atoms with Crippen molar-refractivity contribution in [3.8, 4) is 23.0 Å². The van der Waals surface area contributed by atoms with Gasteiger partial charge in [0.25, 0.3) is 5.56 Å². The molecule has 1 atom stereocenters.